The van der Waals surface area contributed by atoms with Crippen LogP contribution in [0.1, 0.15) is 59.8 Å². The van der Waals surface area contributed by atoms with Crippen LogP contribution in [0.5, 0.6) is 0 Å². The van der Waals surface area contributed by atoms with E-state index in [0.717, 1.165) is 45.3 Å². The Morgan fingerprint density at radius 3 is 2.11 bits per heavy atom. The number of ether oxygens (including phenoxy) is 2. The molecule has 0 radical (unpaired) electrons. The normalized spacial score (nSPS) is 30.5. The minimum atomic E-state index is -0.493. The van der Waals surface area contributed by atoms with Crippen molar-refractivity contribution in [2.24, 2.45) is 0 Å². The minimum absolute atomic E-state index is 0.237. The Hall–Kier alpha value is -0.160. The van der Waals surface area contributed by atoms with E-state index in [4.69, 9.17) is 9.47 Å². The van der Waals surface area contributed by atoms with Crippen LogP contribution >= 0.6 is 0 Å². The summed E-state index contributed by atoms with van der Waals surface area (Å²) >= 11 is 0. The number of nitrogens with zero attached hydrogens (tertiary/aromatic N) is 1. The van der Waals surface area contributed by atoms with Crippen LogP contribution in [0.4, 0.5) is 0 Å². The fourth-order valence-corrected chi connectivity index (χ4v) is 3.64. The van der Waals surface area contributed by atoms with Crippen LogP contribution < -0.4 is 0 Å². The second-order valence-electron chi connectivity index (χ2n) is 6.37. The molecule has 4 nitrogen and oxygen atoms in total. The fourth-order valence-electron chi connectivity index (χ4n) is 3.64. The molecule has 106 valence electrons. The Kier molecular flexibility index (Phi) is 3.76. The van der Waals surface area contributed by atoms with Crippen LogP contribution in [0.15, 0.2) is 0 Å². The van der Waals surface area contributed by atoms with Gasteiger partial charge in [-0.15, -0.1) is 0 Å². The average molecular weight is 257 g/mol. The van der Waals surface area contributed by atoms with E-state index in [9.17, 15) is 5.21 Å². The van der Waals surface area contributed by atoms with Gasteiger partial charge in [-0.1, -0.05) is 13.8 Å². The Bertz CT molecular complexity index is 293. The monoisotopic (exact) mass is 257 g/mol. The lowest BCUT2D eigenvalue weighted by atomic mass is 9.73. The quantitative estimate of drug-likeness (QED) is 0.826. The molecule has 1 spiro atoms. The molecule has 0 bridgehead atoms. The molecule has 2 heterocycles. The van der Waals surface area contributed by atoms with Crippen molar-refractivity contribution < 1.29 is 14.7 Å². The summed E-state index contributed by atoms with van der Waals surface area (Å²) in [7, 11) is 0. The molecule has 0 aromatic rings. The lowest BCUT2D eigenvalue weighted by Gasteiger charge is -2.58. The summed E-state index contributed by atoms with van der Waals surface area (Å²) in [6.07, 6.45) is 4.25. The highest BCUT2D eigenvalue weighted by Gasteiger charge is 2.56. The summed E-state index contributed by atoms with van der Waals surface area (Å²) in [5.74, 6) is -0.493. The Labute approximate surface area is 110 Å². The highest BCUT2D eigenvalue weighted by Crippen LogP contribution is 2.48. The average Bonchev–Trinajstić information content (AvgIpc) is 2.35. The maximum atomic E-state index is 10.6. The summed E-state index contributed by atoms with van der Waals surface area (Å²) in [6, 6.07) is 0. The smallest absolute Gasteiger partial charge is 0.171 e. The second-order valence-corrected chi connectivity index (χ2v) is 6.37. The first-order valence-corrected chi connectivity index (χ1v) is 7.17. The fraction of sp³-hybridized carbons (Fsp3) is 1.00. The maximum Gasteiger partial charge on any atom is 0.171 e. The molecule has 4 heteroatoms. The third kappa shape index (κ3) is 2.20. The van der Waals surface area contributed by atoms with E-state index in [2.05, 4.69) is 27.7 Å². The van der Waals surface area contributed by atoms with E-state index in [-0.39, 0.29) is 11.1 Å². The third-order valence-electron chi connectivity index (χ3n) is 4.66. The van der Waals surface area contributed by atoms with Crippen molar-refractivity contribution in [2.75, 3.05) is 13.2 Å². The molecule has 0 aromatic heterocycles. The van der Waals surface area contributed by atoms with Crippen molar-refractivity contribution in [3.63, 3.8) is 0 Å². The zero-order valence-electron chi connectivity index (χ0n) is 12.2. The van der Waals surface area contributed by atoms with Crippen LogP contribution in [0.2, 0.25) is 0 Å². The summed E-state index contributed by atoms with van der Waals surface area (Å²) in [5.41, 5.74) is -0.555. The van der Waals surface area contributed by atoms with Gasteiger partial charge in [-0.2, -0.15) is 5.06 Å². The largest absolute Gasteiger partial charge is 0.350 e. The predicted octanol–water partition coefficient (Wildman–Crippen LogP) is 2.94. The lowest BCUT2D eigenvalue weighted by molar-refractivity contribution is -0.361. The van der Waals surface area contributed by atoms with E-state index in [1.165, 1.54) is 0 Å². The van der Waals surface area contributed by atoms with Gasteiger partial charge in [0.25, 0.3) is 0 Å². The molecular formula is C14H27NO3. The van der Waals surface area contributed by atoms with Gasteiger partial charge in [-0.3, -0.25) is 0 Å². The first-order chi connectivity index (χ1) is 8.40. The SMILES string of the molecule is CCC1(CC)CC2(CC(C)(C)N1O)OCCCO2. The summed E-state index contributed by atoms with van der Waals surface area (Å²) in [5, 5.41) is 12.1. The Morgan fingerprint density at radius 1 is 1.06 bits per heavy atom. The van der Waals surface area contributed by atoms with Crippen molar-refractivity contribution >= 4 is 0 Å². The molecule has 0 unspecified atom stereocenters. The number of hydrogen-bond acceptors (Lipinski definition) is 4. The Balaban J connectivity index is 2.31. The van der Waals surface area contributed by atoms with E-state index < -0.39 is 5.79 Å². The van der Waals surface area contributed by atoms with Crippen LogP contribution in [0.25, 0.3) is 0 Å². The zero-order valence-corrected chi connectivity index (χ0v) is 12.2. The van der Waals surface area contributed by atoms with Gasteiger partial charge in [0.15, 0.2) is 5.79 Å². The van der Waals surface area contributed by atoms with Crippen LogP contribution in [0.3, 0.4) is 0 Å². The van der Waals surface area contributed by atoms with Gasteiger partial charge < -0.3 is 14.7 Å². The number of hydrogen-bond donors (Lipinski definition) is 1. The van der Waals surface area contributed by atoms with E-state index >= 15 is 0 Å². The van der Waals surface area contributed by atoms with Gasteiger partial charge in [0.1, 0.15) is 0 Å². The molecule has 2 rings (SSSR count). The summed E-state index contributed by atoms with van der Waals surface area (Å²) < 4.78 is 12.0. The van der Waals surface area contributed by atoms with Crippen LogP contribution in [0, 0.1) is 0 Å². The van der Waals surface area contributed by atoms with Crippen LogP contribution in [-0.2, 0) is 9.47 Å². The van der Waals surface area contributed by atoms with Gasteiger partial charge in [-0.25, -0.2) is 0 Å². The molecule has 2 aliphatic heterocycles. The first-order valence-electron chi connectivity index (χ1n) is 7.17. The summed E-state index contributed by atoms with van der Waals surface area (Å²) in [4.78, 5) is 0. The predicted molar refractivity (Wildman–Crippen MR) is 69.5 cm³/mol. The van der Waals surface area contributed by atoms with Gasteiger partial charge in [-0.05, 0) is 33.1 Å². The van der Waals surface area contributed by atoms with E-state index in [0.29, 0.717) is 0 Å². The number of hydroxylamine groups is 2. The van der Waals surface area contributed by atoms with Crippen molar-refractivity contribution in [3.05, 3.63) is 0 Å². The molecule has 2 fully saturated rings. The molecular weight excluding hydrogens is 230 g/mol. The van der Waals surface area contributed by atoms with Crippen molar-refractivity contribution in [3.8, 4) is 0 Å². The van der Waals surface area contributed by atoms with Gasteiger partial charge >= 0.3 is 0 Å². The maximum absolute atomic E-state index is 10.6. The molecule has 0 amide bonds. The first kappa shape index (κ1) is 14.3. The summed E-state index contributed by atoms with van der Waals surface area (Å²) in [6.45, 7) is 9.93. The van der Waals surface area contributed by atoms with Crippen molar-refractivity contribution in [1.29, 1.82) is 0 Å². The number of piperidine rings is 1. The molecule has 0 aliphatic carbocycles. The molecule has 0 saturated carbocycles. The molecule has 2 aliphatic rings. The van der Waals surface area contributed by atoms with Crippen LogP contribution in [-0.4, -0.2) is 40.3 Å². The third-order valence-corrected chi connectivity index (χ3v) is 4.66. The van der Waals surface area contributed by atoms with Gasteiger partial charge in [0.2, 0.25) is 0 Å². The van der Waals surface area contributed by atoms with E-state index in [1.807, 2.05) is 0 Å². The topological polar surface area (TPSA) is 41.9 Å². The van der Waals surface area contributed by atoms with E-state index in [1.54, 1.807) is 5.06 Å². The van der Waals surface area contributed by atoms with Gasteiger partial charge in [0, 0.05) is 18.4 Å². The standard InChI is InChI=1S/C14H27NO3/c1-5-13(6-2)11-14(17-8-7-9-18-14)10-12(3,4)15(13)16/h16H,5-11H2,1-4H3. The minimum Gasteiger partial charge on any atom is -0.350 e. The highest BCUT2D eigenvalue weighted by molar-refractivity contribution is 5.04. The number of rotatable bonds is 2. The molecule has 0 atom stereocenters. The Morgan fingerprint density at radius 2 is 1.61 bits per heavy atom. The molecule has 2 saturated heterocycles. The highest BCUT2D eigenvalue weighted by atomic mass is 16.7. The molecule has 0 aromatic carbocycles. The van der Waals surface area contributed by atoms with Crippen molar-refractivity contribution in [1.82, 2.24) is 5.06 Å². The molecule has 1 N–H and O–H groups in total. The second kappa shape index (κ2) is 4.75. The van der Waals surface area contributed by atoms with Crippen molar-refractivity contribution in [2.45, 2.75) is 76.7 Å². The lowest BCUT2D eigenvalue weighted by Crippen LogP contribution is -2.67. The van der Waals surface area contributed by atoms with Gasteiger partial charge in [0.05, 0.1) is 18.8 Å². The molecule has 18 heavy (non-hydrogen) atoms. The zero-order chi connectivity index (χ0) is 13.4.